The summed E-state index contributed by atoms with van der Waals surface area (Å²) < 4.78 is 12.9. The van der Waals surface area contributed by atoms with Gasteiger partial charge in [-0.25, -0.2) is 4.39 Å². The molecule has 0 aliphatic heterocycles. The number of hydrogen-bond donors (Lipinski definition) is 1. The summed E-state index contributed by atoms with van der Waals surface area (Å²) in [4.78, 5) is 14.1. The number of hydrogen-bond acceptors (Lipinski definition) is 2. The highest BCUT2D eigenvalue weighted by Crippen LogP contribution is 2.48. The Kier molecular flexibility index (Phi) is 4.99. The Labute approximate surface area is 126 Å². The molecule has 0 saturated heterocycles. The lowest BCUT2D eigenvalue weighted by molar-refractivity contribution is -0.131. The van der Waals surface area contributed by atoms with E-state index in [4.69, 9.17) is 5.73 Å². The largest absolute Gasteiger partial charge is 0.345 e. The number of nitrogens with zero attached hydrogens (tertiary/aromatic N) is 1. The zero-order chi connectivity index (χ0) is 15.6. The van der Waals surface area contributed by atoms with Crippen LogP contribution in [0.2, 0.25) is 0 Å². The summed E-state index contributed by atoms with van der Waals surface area (Å²) in [5.41, 5.74) is 7.07. The Morgan fingerprint density at radius 1 is 1.38 bits per heavy atom. The highest BCUT2D eigenvalue weighted by atomic mass is 19.1. The van der Waals surface area contributed by atoms with Crippen molar-refractivity contribution in [3.63, 3.8) is 0 Å². The highest BCUT2D eigenvalue weighted by Gasteiger charge is 2.45. The van der Waals surface area contributed by atoms with Gasteiger partial charge in [-0.15, -0.1) is 0 Å². The van der Waals surface area contributed by atoms with Gasteiger partial charge in [-0.05, 0) is 42.4 Å². The van der Waals surface area contributed by atoms with E-state index in [1.54, 1.807) is 17.0 Å². The molecule has 2 N–H and O–H groups in total. The molecule has 116 valence electrons. The highest BCUT2D eigenvalue weighted by molar-refractivity contribution is 5.82. The average molecular weight is 292 g/mol. The minimum Gasteiger partial charge on any atom is -0.345 e. The first kappa shape index (κ1) is 16.0. The Balaban J connectivity index is 1.83. The molecule has 2 rings (SSSR count). The number of carbonyl (C=O) groups is 1. The molecule has 0 heterocycles. The van der Waals surface area contributed by atoms with Crippen molar-refractivity contribution in [2.45, 2.75) is 38.6 Å². The molecular formula is C17H25FN2O. The van der Waals surface area contributed by atoms with Crippen LogP contribution in [0.4, 0.5) is 4.39 Å². The molecule has 0 bridgehead atoms. The maximum absolute atomic E-state index is 12.9. The van der Waals surface area contributed by atoms with Gasteiger partial charge in [0.2, 0.25) is 5.91 Å². The summed E-state index contributed by atoms with van der Waals surface area (Å²) >= 11 is 0. The van der Waals surface area contributed by atoms with E-state index in [0.717, 1.165) is 18.4 Å². The lowest BCUT2D eigenvalue weighted by Crippen LogP contribution is -2.35. The van der Waals surface area contributed by atoms with Crippen LogP contribution in [0.15, 0.2) is 24.3 Å². The second-order valence-corrected chi connectivity index (χ2v) is 6.46. The zero-order valence-electron chi connectivity index (χ0n) is 13.1. The van der Waals surface area contributed by atoms with Gasteiger partial charge in [0.05, 0.1) is 0 Å². The topological polar surface area (TPSA) is 46.3 Å². The zero-order valence-corrected chi connectivity index (χ0v) is 13.1. The van der Waals surface area contributed by atoms with Crippen LogP contribution in [0.3, 0.4) is 0 Å². The van der Waals surface area contributed by atoms with Crippen LogP contribution in [0, 0.1) is 17.7 Å². The minimum atomic E-state index is -0.234. The number of carbonyl (C=O) groups excluding carboxylic acids is 1. The normalized spacial score (nSPS) is 22.2. The summed E-state index contributed by atoms with van der Waals surface area (Å²) in [7, 11) is 1.84. The predicted octanol–water partition coefficient (Wildman–Crippen LogP) is 2.76. The van der Waals surface area contributed by atoms with E-state index in [1.165, 1.54) is 12.1 Å². The summed E-state index contributed by atoms with van der Waals surface area (Å²) in [6, 6.07) is 6.61. The standard InChI is InChI=1S/C17H25FN2O/c1-11(2)16(19)8-9-20(3)17(21)15-10-14(15)12-4-6-13(18)7-5-12/h4-7,11,14-16H,8-10,19H2,1-3H3. The van der Waals surface area contributed by atoms with E-state index in [-0.39, 0.29) is 29.6 Å². The molecule has 3 atom stereocenters. The molecule has 0 spiro atoms. The molecule has 3 unspecified atom stereocenters. The van der Waals surface area contributed by atoms with Crippen molar-refractivity contribution < 1.29 is 9.18 Å². The van der Waals surface area contributed by atoms with Gasteiger partial charge in [0.25, 0.3) is 0 Å². The molecule has 1 aliphatic carbocycles. The fraction of sp³-hybridized carbons (Fsp3) is 0.588. The number of nitrogens with two attached hydrogens (primary N) is 1. The third kappa shape index (κ3) is 4.03. The molecule has 3 nitrogen and oxygen atoms in total. The molecule has 1 amide bonds. The van der Waals surface area contributed by atoms with E-state index in [1.807, 2.05) is 7.05 Å². The number of amides is 1. The fourth-order valence-corrected chi connectivity index (χ4v) is 2.62. The molecule has 1 aromatic rings. The van der Waals surface area contributed by atoms with Crippen molar-refractivity contribution in [2.24, 2.45) is 17.6 Å². The number of halogens is 1. The van der Waals surface area contributed by atoms with Crippen LogP contribution in [0.5, 0.6) is 0 Å². The maximum Gasteiger partial charge on any atom is 0.226 e. The molecule has 1 saturated carbocycles. The quantitative estimate of drug-likeness (QED) is 0.876. The van der Waals surface area contributed by atoms with Gasteiger partial charge < -0.3 is 10.6 Å². The summed E-state index contributed by atoms with van der Waals surface area (Å²) in [5, 5.41) is 0. The van der Waals surface area contributed by atoms with Crippen LogP contribution in [-0.4, -0.2) is 30.4 Å². The summed E-state index contributed by atoms with van der Waals surface area (Å²) in [5.74, 6) is 0.679. The predicted molar refractivity (Wildman–Crippen MR) is 82.3 cm³/mol. The molecule has 0 radical (unpaired) electrons. The Bertz CT molecular complexity index is 486. The van der Waals surface area contributed by atoms with E-state index in [9.17, 15) is 9.18 Å². The van der Waals surface area contributed by atoms with Gasteiger partial charge in [0.1, 0.15) is 5.82 Å². The third-order valence-corrected chi connectivity index (χ3v) is 4.44. The van der Waals surface area contributed by atoms with Gasteiger partial charge in [0, 0.05) is 25.6 Å². The number of rotatable bonds is 6. The first-order valence-electron chi connectivity index (χ1n) is 7.66. The lowest BCUT2D eigenvalue weighted by Gasteiger charge is -2.21. The van der Waals surface area contributed by atoms with Gasteiger partial charge in [-0.2, -0.15) is 0 Å². The smallest absolute Gasteiger partial charge is 0.226 e. The Morgan fingerprint density at radius 2 is 2.00 bits per heavy atom. The molecule has 1 aliphatic rings. The van der Waals surface area contributed by atoms with E-state index >= 15 is 0 Å². The molecule has 1 aromatic carbocycles. The first-order valence-corrected chi connectivity index (χ1v) is 7.66. The van der Waals surface area contributed by atoms with E-state index < -0.39 is 0 Å². The van der Waals surface area contributed by atoms with Crippen LogP contribution >= 0.6 is 0 Å². The third-order valence-electron chi connectivity index (χ3n) is 4.44. The monoisotopic (exact) mass is 292 g/mol. The average Bonchev–Trinajstić information content (AvgIpc) is 3.24. The van der Waals surface area contributed by atoms with Crippen LogP contribution in [0.1, 0.15) is 38.2 Å². The van der Waals surface area contributed by atoms with Crippen molar-refractivity contribution >= 4 is 5.91 Å². The van der Waals surface area contributed by atoms with E-state index in [0.29, 0.717) is 12.5 Å². The van der Waals surface area contributed by atoms with Crippen molar-refractivity contribution in [3.05, 3.63) is 35.6 Å². The van der Waals surface area contributed by atoms with Crippen molar-refractivity contribution in [3.8, 4) is 0 Å². The van der Waals surface area contributed by atoms with Gasteiger partial charge in [-0.3, -0.25) is 4.79 Å². The molecule has 0 aromatic heterocycles. The maximum atomic E-state index is 12.9. The minimum absolute atomic E-state index is 0.0516. The summed E-state index contributed by atoms with van der Waals surface area (Å²) in [6.45, 7) is 4.89. The van der Waals surface area contributed by atoms with Crippen molar-refractivity contribution in [1.82, 2.24) is 4.90 Å². The van der Waals surface area contributed by atoms with Gasteiger partial charge >= 0.3 is 0 Å². The molecule has 21 heavy (non-hydrogen) atoms. The van der Waals surface area contributed by atoms with Gasteiger partial charge in [-0.1, -0.05) is 26.0 Å². The molecule has 1 fully saturated rings. The number of benzene rings is 1. The Morgan fingerprint density at radius 3 is 2.57 bits per heavy atom. The van der Waals surface area contributed by atoms with Crippen LogP contribution < -0.4 is 5.73 Å². The molecule has 4 heteroatoms. The second-order valence-electron chi connectivity index (χ2n) is 6.46. The Hall–Kier alpha value is -1.42. The van der Waals surface area contributed by atoms with Crippen molar-refractivity contribution in [1.29, 1.82) is 0 Å². The summed E-state index contributed by atoms with van der Waals surface area (Å²) in [6.07, 6.45) is 1.69. The van der Waals surface area contributed by atoms with E-state index in [2.05, 4.69) is 13.8 Å². The van der Waals surface area contributed by atoms with Gasteiger partial charge in [0.15, 0.2) is 0 Å². The lowest BCUT2D eigenvalue weighted by atomic mass is 10.0. The van der Waals surface area contributed by atoms with Crippen LogP contribution in [-0.2, 0) is 4.79 Å². The SMILES string of the molecule is CC(C)C(N)CCN(C)C(=O)C1CC1c1ccc(F)cc1. The molecular weight excluding hydrogens is 267 g/mol. The second kappa shape index (κ2) is 6.56. The van der Waals surface area contributed by atoms with Crippen LogP contribution in [0.25, 0.3) is 0 Å². The first-order chi connectivity index (χ1) is 9.90. The van der Waals surface area contributed by atoms with Crippen molar-refractivity contribution in [2.75, 3.05) is 13.6 Å². The fourth-order valence-electron chi connectivity index (χ4n) is 2.62.